The molecule has 0 radical (unpaired) electrons. The first-order valence-electron chi connectivity index (χ1n) is 5.01. The number of rotatable bonds is 7. The summed E-state index contributed by atoms with van der Waals surface area (Å²) in [5, 5.41) is 18.1. The van der Waals surface area contributed by atoms with E-state index in [-0.39, 0.29) is 12.4 Å². The van der Waals surface area contributed by atoms with Gasteiger partial charge in [-0.1, -0.05) is 12.8 Å². The summed E-state index contributed by atoms with van der Waals surface area (Å²) in [5.74, 6) is -0.298. The van der Waals surface area contributed by atoms with Crippen LogP contribution >= 0.6 is 0 Å². The second kappa shape index (κ2) is 7.27. The third-order valence-corrected chi connectivity index (χ3v) is 2.12. The second-order valence-corrected chi connectivity index (χ2v) is 3.45. The van der Waals surface area contributed by atoms with Crippen molar-refractivity contribution in [1.82, 2.24) is 0 Å². The minimum absolute atomic E-state index is 0.168. The van der Waals surface area contributed by atoms with E-state index in [1.54, 1.807) is 0 Å². The molecule has 2 N–H and O–H groups in total. The first kappa shape index (κ1) is 13.9. The van der Waals surface area contributed by atoms with Crippen molar-refractivity contribution in [3.05, 3.63) is 0 Å². The smallest absolute Gasteiger partial charge is 0.305 e. The quantitative estimate of drug-likeness (QED) is 0.285. The average molecular weight is 214 g/mol. The maximum absolute atomic E-state index is 10.7. The lowest BCUT2D eigenvalue weighted by molar-refractivity contribution is -0.140. The van der Waals surface area contributed by atoms with Crippen LogP contribution in [0.15, 0.2) is 0 Å². The fraction of sp³-hybridized carbons (Fsp3) is 0.727. The standard InChI is InChI=1S/C11H18O4/c1-3-11(13,14)9-7-5-4-6-8-10(12)15-2/h1,13-14H,4-9H2,2H3. The number of hydrogen-bond donors (Lipinski definition) is 2. The molecule has 0 spiro atoms. The number of hydrogen-bond acceptors (Lipinski definition) is 4. The SMILES string of the molecule is C#CC(O)(O)CCCCCCC(=O)OC. The average Bonchev–Trinajstić information content (AvgIpc) is 2.22. The van der Waals surface area contributed by atoms with Gasteiger partial charge in [0.15, 0.2) is 0 Å². The maximum Gasteiger partial charge on any atom is 0.305 e. The van der Waals surface area contributed by atoms with Crippen molar-refractivity contribution in [2.75, 3.05) is 7.11 Å². The van der Waals surface area contributed by atoms with Crippen LogP contribution in [0.1, 0.15) is 38.5 Å². The molecule has 0 rings (SSSR count). The number of ether oxygens (including phenoxy) is 1. The summed E-state index contributed by atoms with van der Waals surface area (Å²) in [7, 11) is 1.36. The van der Waals surface area contributed by atoms with Gasteiger partial charge >= 0.3 is 5.97 Å². The molecular weight excluding hydrogens is 196 g/mol. The minimum atomic E-state index is -1.98. The lowest BCUT2D eigenvalue weighted by atomic mass is 10.1. The van der Waals surface area contributed by atoms with E-state index < -0.39 is 5.79 Å². The van der Waals surface area contributed by atoms with E-state index in [1.165, 1.54) is 7.11 Å². The fourth-order valence-corrected chi connectivity index (χ4v) is 1.17. The molecule has 86 valence electrons. The molecule has 0 saturated carbocycles. The normalized spacial score (nSPS) is 10.8. The van der Waals surface area contributed by atoms with Crippen molar-refractivity contribution >= 4 is 5.97 Å². The zero-order valence-electron chi connectivity index (χ0n) is 9.03. The van der Waals surface area contributed by atoms with E-state index in [1.807, 2.05) is 5.92 Å². The number of esters is 1. The van der Waals surface area contributed by atoms with Crippen LogP contribution in [-0.2, 0) is 9.53 Å². The number of aliphatic hydroxyl groups is 2. The summed E-state index contributed by atoms with van der Waals surface area (Å²) in [6, 6.07) is 0. The van der Waals surface area contributed by atoms with Gasteiger partial charge in [-0.3, -0.25) is 4.79 Å². The van der Waals surface area contributed by atoms with Gasteiger partial charge in [0.05, 0.1) is 7.11 Å². The van der Waals surface area contributed by atoms with Crippen molar-refractivity contribution in [3.8, 4) is 12.3 Å². The van der Waals surface area contributed by atoms with E-state index in [0.717, 1.165) is 19.3 Å². The molecular formula is C11H18O4. The van der Waals surface area contributed by atoms with Crippen LogP contribution in [0.25, 0.3) is 0 Å². The monoisotopic (exact) mass is 214 g/mol. The molecule has 0 heterocycles. The summed E-state index contributed by atoms with van der Waals surface area (Å²) in [4.78, 5) is 10.7. The molecule has 0 aromatic carbocycles. The molecule has 0 amide bonds. The Balaban J connectivity index is 3.34. The first-order valence-corrected chi connectivity index (χ1v) is 5.01. The highest BCUT2D eigenvalue weighted by molar-refractivity contribution is 5.68. The van der Waals surface area contributed by atoms with Crippen LogP contribution in [0.4, 0.5) is 0 Å². The highest BCUT2D eigenvalue weighted by Crippen LogP contribution is 2.12. The summed E-state index contributed by atoms with van der Waals surface area (Å²) >= 11 is 0. The lowest BCUT2D eigenvalue weighted by Gasteiger charge is -2.13. The fourth-order valence-electron chi connectivity index (χ4n) is 1.17. The van der Waals surface area contributed by atoms with Crippen LogP contribution in [0.5, 0.6) is 0 Å². The zero-order chi connectivity index (χ0) is 11.7. The van der Waals surface area contributed by atoms with Crippen LogP contribution in [-0.4, -0.2) is 29.1 Å². The van der Waals surface area contributed by atoms with Crippen molar-refractivity contribution in [2.45, 2.75) is 44.3 Å². The molecule has 0 aromatic rings. The molecule has 15 heavy (non-hydrogen) atoms. The summed E-state index contributed by atoms with van der Waals surface area (Å²) < 4.78 is 4.48. The van der Waals surface area contributed by atoms with E-state index >= 15 is 0 Å². The molecule has 4 nitrogen and oxygen atoms in total. The van der Waals surface area contributed by atoms with Gasteiger partial charge in [0.25, 0.3) is 0 Å². The Bertz CT molecular complexity index is 227. The molecule has 0 bridgehead atoms. The molecule has 0 aliphatic carbocycles. The largest absolute Gasteiger partial charge is 0.469 e. The number of unbranched alkanes of at least 4 members (excludes halogenated alkanes) is 3. The lowest BCUT2D eigenvalue weighted by Crippen LogP contribution is -2.24. The highest BCUT2D eigenvalue weighted by Gasteiger charge is 2.17. The number of terminal acetylenes is 1. The molecule has 0 saturated heterocycles. The van der Waals surface area contributed by atoms with Crippen molar-refractivity contribution in [1.29, 1.82) is 0 Å². The van der Waals surface area contributed by atoms with Gasteiger partial charge in [0, 0.05) is 12.8 Å². The molecule has 0 aromatic heterocycles. The highest BCUT2D eigenvalue weighted by atomic mass is 16.5. The summed E-state index contributed by atoms with van der Waals surface area (Å²) in [5.41, 5.74) is 0. The predicted octanol–water partition coefficient (Wildman–Crippen LogP) is 0.814. The van der Waals surface area contributed by atoms with Gasteiger partial charge in [-0.15, -0.1) is 6.42 Å². The van der Waals surface area contributed by atoms with E-state index in [9.17, 15) is 4.79 Å². The zero-order valence-corrected chi connectivity index (χ0v) is 9.03. The maximum atomic E-state index is 10.7. The first-order chi connectivity index (χ1) is 7.02. The van der Waals surface area contributed by atoms with Gasteiger partial charge in [-0.05, 0) is 18.8 Å². The Morgan fingerprint density at radius 2 is 1.93 bits per heavy atom. The molecule has 0 aliphatic heterocycles. The Morgan fingerprint density at radius 3 is 2.47 bits per heavy atom. The van der Waals surface area contributed by atoms with Crippen molar-refractivity contribution < 1.29 is 19.7 Å². The van der Waals surface area contributed by atoms with E-state index in [4.69, 9.17) is 16.6 Å². The number of methoxy groups -OCH3 is 1. The Hall–Kier alpha value is -1.05. The van der Waals surface area contributed by atoms with Crippen LogP contribution in [0.2, 0.25) is 0 Å². The third kappa shape index (κ3) is 7.98. The Kier molecular flexibility index (Phi) is 6.76. The number of carbonyl (C=O) groups is 1. The van der Waals surface area contributed by atoms with Crippen molar-refractivity contribution in [3.63, 3.8) is 0 Å². The molecule has 0 atom stereocenters. The predicted molar refractivity (Wildman–Crippen MR) is 55.7 cm³/mol. The van der Waals surface area contributed by atoms with Crippen LogP contribution < -0.4 is 0 Å². The minimum Gasteiger partial charge on any atom is -0.469 e. The van der Waals surface area contributed by atoms with Gasteiger partial charge < -0.3 is 14.9 Å². The molecule has 0 fully saturated rings. The van der Waals surface area contributed by atoms with Gasteiger partial charge in [-0.2, -0.15) is 0 Å². The van der Waals surface area contributed by atoms with Crippen LogP contribution in [0.3, 0.4) is 0 Å². The van der Waals surface area contributed by atoms with Crippen molar-refractivity contribution in [2.24, 2.45) is 0 Å². The Morgan fingerprint density at radius 1 is 1.33 bits per heavy atom. The summed E-state index contributed by atoms with van der Waals surface area (Å²) in [6.07, 6.45) is 8.55. The van der Waals surface area contributed by atoms with Gasteiger partial charge in [0.1, 0.15) is 0 Å². The van der Waals surface area contributed by atoms with Gasteiger partial charge in [0.2, 0.25) is 5.79 Å². The van der Waals surface area contributed by atoms with Gasteiger partial charge in [-0.25, -0.2) is 0 Å². The molecule has 4 heteroatoms. The Labute approximate surface area is 90.3 Å². The number of carbonyl (C=O) groups excluding carboxylic acids is 1. The van der Waals surface area contributed by atoms with E-state index in [2.05, 4.69) is 4.74 Å². The summed E-state index contributed by atoms with van der Waals surface area (Å²) in [6.45, 7) is 0. The van der Waals surface area contributed by atoms with E-state index in [0.29, 0.717) is 12.8 Å². The third-order valence-electron chi connectivity index (χ3n) is 2.12. The molecule has 0 unspecified atom stereocenters. The second-order valence-electron chi connectivity index (χ2n) is 3.45. The molecule has 0 aliphatic rings. The van der Waals surface area contributed by atoms with Crippen LogP contribution in [0, 0.1) is 12.3 Å². The topological polar surface area (TPSA) is 66.8 Å².